The van der Waals surface area contributed by atoms with Crippen molar-refractivity contribution in [2.45, 2.75) is 38.8 Å². The number of β-lactam (4-membered cyclic amide) rings is 1. The summed E-state index contributed by atoms with van der Waals surface area (Å²) in [7, 11) is 0. The Kier molecular flexibility index (Phi) is 5.08. The van der Waals surface area contributed by atoms with Crippen molar-refractivity contribution in [1.29, 1.82) is 0 Å². The lowest BCUT2D eigenvalue weighted by molar-refractivity contribution is -0.132. The molecule has 0 saturated carbocycles. The summed E-state index contributed by atoms with van der Waals surface area (Å²) in [6.45, 7) is 6.45. The van der Waals surface area contributed by atoms with Crippen LogP contribution in [-0.4, -0.2) is 54.1 Å². The standard InChI is InChI=1S/C19H24FN3O4/c1-19(2,3)27-18(26)22-9-8-12(10-22)16(24)21-15-11-23(17(15)25)14-6-4-13(20)5-7-14/h4-7,12,15H,8-11H2,1-3H3,(H,21,24)/t12-,15+/m1/s1. The number of hydrogen-bond acceptors (Lipinski definition) is 4. The van der Waals surface area contributed by atoms with E-state index in [1.54, 1.807) is 20.8 Å². The maximum atomic E-state index is 13.0. The Hall–Kier alpha value is -2.64. The van der Waals surface area contributed by atoms with Crippen LogP contribution in [-0.2, 0) is 14.3 Å². The summed E-state index contributed by atoms with van der Waals surface area (Å²) in [4.78, 5) is 39.8. The van der Waals surface area contributed by atoms with Crippen molar-refractivity contribution in [1.82, 2.24) is 10.2 Å². The molecule has 0 unspecified atom stereocenters. The molecule has 2 aliphatic rings. The molecule has 27 heavy (non-hydrogen) atoms. The number of halogens is 1. The van der Waals surface area contributed by atoms with Crippen LogP contribution in [0.2, 0.25) is 0 Å². The molecular formula is C19H24FN3O4. The van der Waals surface area contributed by atoms with Gasteiger partial charge in [-0.1, -0.05) is 0 Å². The second kappa shape index (κ2) is 7.17. The SMILES string of the molecule is CC(C)(C)OC(=O)N1CC[C@@H](C(=O)N[C@H]2CN(c3ccc(F)cc3)C2=O)C1. The van der Waals surface area contributed by atoms with Crippen molar-refractivity contribution < 1.29 is 23.5 Å². The average Bonchev–Trinajstić information content (AvgIpc) is 3.08. The highest BCUT2D eigenvalue weighted by Gasteiger charge is 2.41. The van der Waals surface area contributed by atoms with Crippen LogP contribution in [0.25, 0.3) is 0 Å². The van der Waals surface area contributed by atoms with Gasteiger partial charge in [0.1, 0.15) is 17.5 Å². The van der Waals surface area contributed by atoms with Gasteiger partial charge in [-0.3, -0.25) is 9.59 Å². The van der Waals surface area contributed by atoms with Gasteiger partial charge in [0.25, 0.3) is 5.91 Å². The summed E-state index contributed by atoms with van der Waals surface area (Å²) >= 11 is 0. The van der Waals surface area contributed by atoms with Gasteiger partial charge in [-0.2, -0.15) is 0 Å². The minimum absolute atomic E-state index is 0.225. The number of nitrogens with zero attached hydrogens (tertiary/aromatic N) is 2. The van der Waals surface area contributed by atoms with Gasteiger partial charge in [0.2, 0.25) is 5.91 Å². The van der Waals surface area contributed by atoms with Crippen LogP contribution in [0.5, 0.6) is 0 Å². The first-order chi connectivity index (χ1) is 12.6. The topological polar surface area (TPSA) is 79.0 Å². The molecule has 1 aromatic rings. The molecule has 2 heterocycles. The van der Waals surface area contributed by atoms with Crippen molar-refractivity contribution in [2.24, 2.45) is 5.92 Å². The van der Waals surface area contributed by atoms with E-state index >= 15 is 0 Å². The van der Waals surface area contributed by atoms with E-state index in [1.807, 2.05) is 0 Å². The number of likely N-dealkylation sites (tertiary alicyclic amines) is 1. The molecule has 2 aliphatic heterocycles. The fourth-order valence-corrected chi connectivity index (χ4v) is 3.14. The van der Waals surface area contributed by atoms with Gasteiger partial charge >= 0.3 is 6.09 Å². The third-order valence-electron chi connectivity index (χ3n) is 4.59. The number of hydrogen-bond donors (Lipinski definition) is 1. The molecule has 0 bridgehead atoms. The molecule has 2 saturated heterocycles. The van der Waals surface area contributed by atoms with Crippen LogP contribution in [0.1, 0.15) is 27.2 Å². The first-order valence-electron chi connectivity index (χ1n) is 8.99. The third-order valence-corrected chi connectivity index (χ3v) is 4.59. The van der Waals surface area contributed by atoms with E-state index in [9.17, 15) is 18.8 Å². The van der Waals surface area contributed by atoms with Gasteiger partial charge < -0.3 is 19.9 Å². The van der Waals surface area contributed by atoms with Crippen LogP contribution in [0, 0.1) is 11.7 Å². The fraction of sp³-hybridized carbons (Fsp3) is 0.526. The average molecular weight is 377 g/mol. The number of amides is 3. The zero-order valence-corrected chi connectivity index (χ0v) is 15.7. The summed E-state index contributed by atoms with van der Waals surface area (Å²) in [5.41, 5.74) is 0.0171. The number of benzene rings is 1. The maximum Gasteiger partial charge on any atom is 0.410 e. The molecule has 8 heteroatoms. The van der Waals surface area contributed by atoms with Crippen LogP contribution < -0.4 is 10.2 Å². The lowest BCUT2D eigenvalue weighted by Gasteiger charge is -2.39. The van der Waals surface area contributed by atoms with Crippen molar-refractivity contribution in [3.63, 3.8) is 0 Å². The molecule has 146 valence electrons. The molecule has 2 fully saturated rings. The van der Waals surface area contributed by atoms with E-state index in [0.29, 0.717) is 25.2 Å². The van der Waals surface area contributed by atoms with E-state index in [2.05, 4.69) is 5.32 Å². The monoisotopic (exact) mass is 377 g/mol. The summed E-state index contributed by atoms with van der Waals surface area (Å²) in [6, 6.07) is 5.05. The number of ether oxygens (including phenoxy) is 1. The Morgan fingerprint density at radius 2 is 1.85 bits per heavy atom. The van der Waals surface area contributed by atoms with E-state index in [1.165, 1.54) is 34.1 Å². The summed E-state index contributed by atoms with van der Waals surface area (Å²) < 4.78 is 18.3. The molecule has 7 nitrogen and oxygen atoms in total. The Bertz CT molecular complexity index is 744. The Balaban J connectivity index is 1.48. The first kappa shape index (κ1) is 19.1. The Morgan fingerprint density at radius 3 is 2.44 bits per heavy atom. The number of carbonyl (C=O) groups excluding carboxylic acids is 3. The zero-order valence-electron chi connectivity index (χ0n) is 15.7. The van der Waals surface area contributed by atoms with E-state index in [4.69, 9.17) is 4.74 Å². The third kappa shape index (κ3) is 4.37. The predicted octanol–water partition coefficient (Wildman–Crippen LogP) is 1.91. The van der Waals surface area contributed by atoms with Gasteiger partial charge in [0.05, 0.1) is 12.5 Å². The molecule has 3 rings (SSSR count). The smallest absolute Gasteiger partial charge is 0.410 e. The number of nitrogens with one attached hydrogen (secondary N) is 1. The van der Waals surface area contributed by atoms with Crippen molar-refractivity contribution in [3.05, 3.63) is 30.1 Å². The van der Waals surface area contributed by atoms with Crippen LogP contribution in [0.4, 0.5) is 14.9 Å². The maximum absolute atomic E-state index is 13.0. The van der Waals surface area contributed by atoms with E-state index < -0.39 is 17.7 Å². The second-order valence-corrected chi connectivity index (χ2v) is 7.90. The molecule has 0 aromatic heterocycles. The highest BCUT2D eigenvalue weighted by atomic mass is 19.1. The van der Waals surface area contributed by atoms with Gasteiger partial charge in [0.15, 0.2) is 0 Å². The Labute approximate surface area is 157 Å². The first-order valence-corrected chi connectivity index (χ1v) is 8.99. The van der Waals surface area contributed by atoms with Gasteiger partial charge in [0, 0.05) is 18.8 Å². The molecule has 0 spiro atoms. The molecule has 1 N–H and O–H groups in total. The molecule has 0 radical (unpaired) electrons. The number of rotatable bonds is 3. The minimum atomic E-state index is -0.585. The van der Waals surface area contributed by atoms with Crippen molar-refractivity contribution in [3.8, 4) is 0 Å². The second-order valence-electron chi connectivity index (χ2n) is 7.90. The normalized spacial score (nSPS) is 22.4. The highest BCUT2D eigenvalue weighted by molar-refractivity contribution is 6.05. The van der Waals surface area contributed by atoms with E-state index in [0.717, 1.165) is 0 Å². The quantitative estimate of drug-likeness (QED) is 0.817. The lowest BCUT2D eigenvalue weighted by Crippen LogP contribution is -2.64. The largest absolute Gasteiger partial charge is 0.444 e. The van der Waals surface area contributed by atoms with Crippen LogP contribution >= 0.6 is 0 Å². The summed E-state index contributed by atoms with van der Waals surface area (Å²) in [6.07, 6.45) is 0.105. The molecule has 2 atom stereocenters. The molecule has 1 aromatic carbocycles. The molecule has 0 aliphatic carbocycles. The fourth-order valence-electron chi connectivity index (χ4n) is 3.14. The van der Waals surface area contributed by atoms with Gasteiger partial charge in [-0.15, -0.1) is 0 Å². The van der Waals surface area contributed by atoms with Crippen LogP contribution in [0.3, 0.4) is 0 Å². The van der Waals surface area contributed by atoms with Crippen molar-refractivity contribution in [2.75, 3.05) is 24.5 Å². The van der Waals surface area contributed by atoms with Crippen LogP contribution in [0.15, 0.2) is 24.3 Å². The Morgan fingerprint density at radius 1 is 1.19 bits per heavy atom. The van der Waals surface area contributed by atoms with Gasteiger partial charge in [-0.25, -0.2) is 9.18 Å². The van der Waals surface area contributed by atoms with Crippen molar-refractivity contribution >= 4 is 23.6 Å². The zero-order chi connectivity index (χ0) is 19.8. The minimum Gasteiger partial charge on any atom is -0.444 e. The molecular weight excluding hydrogens is 353 g/mol. The number of carbonyl (C=O) groups is 3. The van der Waals surface area contributed by atoms with E-state index in [-0.39, 0.29) is 30.1 Å². The van der Waals surface area contributed by atoms with Gasteiger partial charge in [-0.05, 0) is 51.5 Å². The summed E-state index contributed by atoms with van der Waals surface area (Å²) in [5, 5.41) is 2.74. The lowest BCUT2D eigenvalue weighted by atomic mass is 10.0. The predicted molar refractivity (Wildman–Crippen MR) is 96.6 cm³/mol. The highest BCUT2D eigenvalue weighted by Crippen LogP contribution is 2.24. The summed E-state index contributed by atoms with van der Waals surface area (Å²) in [5.74, 6) is -1.19. The number of anilines is 1. The molecule has 3 amide bonds.